The number of likely N-dealkylation sites (tertiary alicyclic amines) is 1. The molecular formula is C40H37Cl2FN6O3. The highest BCUT2D eigenvalue weighted by Crippen LogP contribution is 2.51. The van der Waals surface area contributed by atoms with E-state index in [1.165, 1.54) is 0 Å². The van der Waals surface area contributed by atoms with Crippen molar-refractivity contribution in [3.05, 3.63) is 81.5 Å². The summed E-state index contributed by atoms with van der Waals surface area (Å²) in [5.74, 6) is 1.01. The van der Waals surface area contributed by atoms with Gasteiger partial charge in [0.05, 0.1) is 47.4 Å². The first-order valence-electron chi connectivity index (χ1n) is 17.9. The number of nitrogens with one attached hydrogen (secondary N) is 1. The van der Waals surface area contributed by atoms with Gasteiger partial charge in [0.15, 0.2) is 11.6 Å². The number of aryl methyl sites for hydroxylation is 2. The number of nitriles is 1. The molecular weight excluding hydrogens is 702 g/mol. The number of pyridine rings is 2. The Morgan fingerprint density at radius 2 is 2.00 bits per heavy atom. The molecule has 0 spiro atoms. The highest BCUT2D eigenvalue weighted by molar-refractivity contribution is 6.43. The third kappa shape index (κ3) is 5.31. The van der Waals surface area contributed by atoms with Crippen molar-refractivity contribution in [3.8, 4) is 28.8 Å². The molecule has 5 atom stereocenters. The number of halogens is 3. The van der Waals surface area contributed by atoms with Crippen LogP contribution in [-0.2, 0) is 11.2 Å². The molecule has 52 heavy (non-hydrogen) atoms. The predicted octanol–water partition coefficient (Wildman–Crippen LogP) is 8.13. The number of methoxy groups -OCH3 is 1. The summed E-state index contributed by atoms with van der Waals surface area (Å²) in [5.41, 5.74) is 4.29. The Bertz CT molecular complexity index is 2310. The minimum atomic E-state index is -0.492. The average molecular weight is 740 g/mol. The number of ether oxygens (including phenoxy) is 2. The first-order valence-corrected chi connectivity index (χ1v) is 18.7. The molecule has 3 aliphatic heterocycles. The Hall–Kier alpha value is -4.43. The van der Waals surface area contributed by atoms with Gasteiger partial charge in [-0.3, -0.25) is 4.79 Å². The number of carbonyl (C=O) groups excluding carboxylic acids is 1. The minimum Gasteiger partial charge on any atom is -0.483 e. The van der Waals surface area contributed by atoms with Crippen LogP contribution >= 0.6 is 23.2 Å². The van der Waals surface area contributed by atoms with Gasteiger partial charge in [-0.05, 0) is 74.4 Å². The molecule has 10 rings (SSSR count). The van der Waals surface area contributed by atoms with Gasteiger partial charge in [0, 0.05) is 70.8 Å². The van der Waals surface area contributed by atoms with Gasteiger partial charge < -0.3 is 24.3 Å². The Balaban J connectivity index is 1.26. The Labute approximate surface area is 310 Å². The predicted molar refractivity (Wildman–Crippen MR) is 197 cm³/mol. The maximum absolute atomic E-state index is 17.2. The molecule has 5 aromatic rings. The fourth-order valence-electron chi connectivity index (χ4n) is 8.87. The maximum atomic E-state index is 17.2. The number of carbonyl (C=O) groups is 1. The van der Waals surface area contributed by atoms with E-state index in [0.717, 1.165) is 42.4 Å². The molecule has 1 N–H and O–H groups in total. The SMILES string of the molecule is COc1ncccc1OC1CC(c2cc3c(C)nc4c(F)c(-c5cccc(Cl)c5Cl)c(CCC#N)cc4c3n2C2C3CNC2C3)N(C(=O)C2CC2)C1. The second-order valence-corrected chi connectivity index (χ2v) is 15.3. The number of rotatable bonds is 9. The van der Waals surface area contributed by atoms with Crippen LogP contribution in [0.1, 0.15) is 61.1 Å². The van der Waals surface area contributed by atoms with Crippen molar-refractivity contribution < 1.29 is 18.7 Å². The second kappa shape index (κ2) is 12.9. The van der Waals surface area contributed by atoms with Gasteiger partial charge in [0.2, 0.25) is 5.91 Å². The zero-order valence-electron chi connectivity index (χ0n) is 28.8. The van der Waals surface area contributed by atoms with Gasteiger partial charge in [-0.15, -0.1) is 0 Å². The van der Waals surface area contributed by atoms with Gasteiger partial charge in [0.1, 0.15) is 11.6 Å². The van der Waals surface area contributed by atoms with Crippen molar-refractivity contribution in [1.82, 2.24) is 24.8 Å². The van der Waals surface area contributed by atoms with Gasteiger partial charge >= 0.3 is 0 Å². The Morgan fingerprint density at radius 1 is 1.15 bits per heavy atom. The lowest BCUT2D eigenvalue weighted by Gasteiger charge is -2.39. The average Bonchev–Trinajstić information content (AvgIpc) is 3.43. The number of hydrogen-bond acceptors (Lipinski definition) is 7. The first kappa shape index (κ1) is 33.4. The van der Waals surface area contributed by atoms with Crippen LogP contribution in [0.15, 0.2) is 48.7 Å². The summed E-state index contributed by atoms with van der Waals surface area (Å²) in [6.45, 7) is 3.25. The Morgan fingerprint density at radius 3 is 2.73 bits per heavy atom. The molecule has 3 aromatic heterocycles. The highest BCUT2D eigenvalue weighted by Gasteiger charge is 2.51. The molecule has 5 unspecified atom stereocenters. The number of fused-ring (bicyclic) bond motifs is 4. The number of nitrogens with zero attached hydrogens (tertiary/aromatic N) is 5. The van der Waals surface area contributed by atoms with Crippen molar-refractivity contribution in [2.45, 2.75) is 69.7 Å². The van der Waals surface area contributed by atoms with Crippen molar-refractivity contribution in [1.29, 1.82) is 5.26 Å². The van der Waals surface area contributed by atoms with Crippen molar-refractivity contribution in [3.63, 3.8) is 0 Å². The third-order valence-corrected chi connectivity index (χ3v) is 12.3. The largest absolute Gasteiger partial charge is 0.483 e. The van der Waals surface area contributed by atoms with Crippen LogP contribution in [0.3, 0.4) is 0 Å². The summed E-state index contributed by atoms with van der Waals surface area (Å²) in [4.78, 5) is 25.3. The highest BCUT2D eigenvalue weighted by atomic mass is 35.5. The van der Waals surface area contributed by atoms with Gasteiger partial charge in [-0.2, -0.15) is 5.26 Å². The van der Waals surface area contributed by atoms with E-state index in [9.17, 15) is 10.1 Å². The molecule has 2 aliphatic carbocycles. The summed E-state index contributed by atoms with van der Waals surface area (Å²) in [6.07, 6.45) is 5.31. The maximum Gasteiger partial charge on any atom is 0.256 e. The van der Waals surface area contributed by atoms with Crippen LogP contribution in [0.25, 0.3) is 32.9 Å². The van der Waals surface area contributed by atoms with E-state index in [1.54, 1.807) is 31.5 Å². The number of hydrogen-bond donors (Lipinski definition) is 1. The summed E-state index contributed by atoms with van der Waals surface area (Å²) in [7, 11) is 1.57. The summed E-state index contributed by atoms with van der Waals surface area (Å²) in [5, 5.41) is 15.5. The quantitative estimate of drug-likeness (QED) is 0.163. The van der Waals surface area contributed by atoms with Gasteiger partial charge in [-0.25, -0.2) is 14.4 Å². The molecule has 1 amide bonds. The van der Waals surface area contributed by atoms with Crippen LogP contribution in [0.2, 0.25) is 10.0 Å². The van der Waals surface area contributed by atoms with Crippen LogP contribution in [0, 0.1) is 35.9 Å². The fourth-order valence-corrected chi connectivity index (χ4v) is 9.26. The summed E-state index contributed by atoms with van der Waals surface area (Å²) in [6, 6.07) is 15.3. The molecule has 2 bridgehead atoms. The van der Waals surface area contributed by atoms with Crippen LogP contribution in [0.4, 0.5) is 4.39 Å². The van der Waals surface area contributed by atoms with Crippen LogP contribution in [-0.4, -0.2) is 57.7 Å². The van der Waals surface area contributed by atoms with E-state index in [4.69, 9.17) is 37.7 Å². The zero-order valence-corrected chi connectivity index (χ0v) is 30.3. The lowest BCUT2D eigenvalue weighted by molar-refractivity contribution is -0.133. The lowest BCUT2D eigenvalue weighted by atomic mass is 9.79. The van der Waals surface area contributed by atoms with E-state index in [-0.39, 0.29) is 53.0 Å². The summed E-state index contributed by atoms with van der Waals surface area (Å²) >= 11 is 13.1. The van der Waals surface area contributed by atoms with Gasteiger partial charge in [0.25, 0.3) is 5.88 Å². The van der Waals surface area contributed by atoms with E-state index in [2.05, 4.69) is 27.0 Å². The molecule has 0 radical (unpaired) electrons. The van der Waals surface area contributed by atoms with E-state index >= 15 is 4.39 Å². The minimum absolute atomic E-state index is 0.0197. The van der Waals surface area contributed by atoms with Crippen molar-refractivity contribution in [2.75, 3.05) is 20.2 Å². The number of amides is 1. The standard InChI is InChI=1S/C40H37Cl2FN6O3/c1-20-26-17-31(30-16-24(19-48(30)40(50)21-10-11-21)52-32-9-5-13-45-39(32)51-2)49(37-23-15-29(37)46-18-23)38(26)27-14-22(6-4-12-44)33(35(43)36(27)47-20)25-7-3-8-28(41)34(25)42/h3,5,7-9,13-14,17,21,23-24,29-30,37,46H,4,6,10-11,15-16,18-19H2,1-2H3. The first-order chi connectivity index (χ1) is 25.3. The van der Waals surface area contributed by atoms with E-state index in [0.29, 0.717) is 69.7 Å². The third-order valence-electron chi connectivity index (χ3n) is 11.5. The Kier molecular flexibility index (Phi) is 8.29. The van der Waals surface area contributed by atoms with Gasteiger partial charge in [-0.1, -0.05) is 35.3 Å². The molecule has 2 aromatic carbocycles. The van der Waals surface area contributed by atoms with Crippen molar-refractivity contribution in [2.24, 2.45) is 11.8 Å². The lowest BCUT2D eigenvalue weighted by Crippen LogP contribution is -2.41. The fraction of sp³-hybridized carbons (Fsp3) is 0.400. The number of benzene rings is 2. The normalized spacial score (nSPS) is 23.6. The topological polar surface area (TPSA) is 105 Å². The molecule has 6 heterocycles. The molecule has 5 fully saturated rings. The van der Waals surface area contributed by atoms with E-state index in [1.807, 2.05) is 30.0 Å². The molecule has 5 aliphatic rings. The molecule has 9 nitrogen and oxygen atoms in total. The molecule has 2 saturated carbocycles. The second-order valence-electron chi connectivity index (χ2n) is 14.5. The number of aromatic nitrogens is 3. The molecule has 12 heteroatoms. The van der Waals surface area contributed by atoms with Crippen molar-refractivity contribution >= 4 is 50.9 Å². The molecule has 3 saturated heterocycles. The van der Waals surface area contributed by atoms with Crippen LogP contribution in [0.5, 0.6) is 11.6 Å². The monoisotopic (exact) mass is 738 g/mol. The van der Waals surface area contributed by atoms with Crippen LogP contribution < -0.4 is 14.8 Å². The smallest absolute Gasteiger partial charge is 0.256 e. The summed E-state index contributed by atoms with van der Waals surface area (Å²) < 4.78 is 31.6. The molecule has 266 valence electrons. The zero-order chi connectivity index (χ0) is 35.8. The van der Waals surface area contributed by atoms with E-state index < -0.39 is 5.82 Å².